The number of aromatic nitrogens is 1. The molecule has 0 saturated carbocycles. The second kappa shape index (κ2) is 6.69. The van der Waals surface area contributed by atoms with E-state index in [9.17, 15) is 18.0 Å². The van der Waals surface area contributed by atoms with Crippen molar-refractivity contribution in [2.45, 2.75) is 23.2 Å². The molecule has 0 atom stereocenters. The zero-order chi connectivity index (χ0) is 16.2. The maximum Gasteiger partial charge on any atom is 0.573 e. The standard InChI is InChI=1S/C14H11F3N2O2S/c1-9(20)19-10-5-6-13(18-8-10)22-12-4-2-3-11(7-12)21-14(15,16)17/h2-8H,1H3,(H,19,20). The second-order valence-corrected chi connectivity index (χ2v) is 5.28. The van der Waals surface area contributed by atoms with E-state index in [0.29, 0.717) is 15.6 Å². The van der Waals surface area contributed by atoms with Crippen LogP contribution in [0.2, 0.25) is 0 Å². The third-order valence-corrected chi connectivity index (χ3v) is 3.26. The molecule has 0 fully saturated rings. The number of pyridine rings is 1. The van der Waals surface area contributed by atoms with Gasteiger partial charge in [0.25, 0.3) is 0 Å². The van der Waals surface area contributed by atoms with Gasteiger partial charge in [-0.2, -0.15) is 0 Å². The molecule has 0 aliphatic carbocycles. The Bertz CT molecular complexity index is 660. The minimum atomic E-state index is -4.72. The van der Waals surface area contributed by atoms with E-state index in [1.807, 2.05) is 0 Å². The largest absolute Gasteiger partial charge is 0.573 e. The fourth-order valence-corrected chi connectivity index (χ4v) is 2.38. The fraction of sp³-hybridized carbons (Fsp3) is 0.143. The molecule has 2 rings (SSSR count). The van der Waals surface area contributed by atoms with Crippen LogP contribution in [0.5, 0.6) is 5.75 Å². The van der Waals surface area contributed by atoms with Crippen molar-refractivity contribution < 1.29 is 22.7 Å². The molecule has 0 bridgehead atoms. The second-order valence-electron chi connectivity index (χ2n) is 4.19. The molecular weight excluding hydrogens is 317 g/mol. The van der Waals surface area contributed by atoms with E-state index in [4.69, 9.17) is 0 Å². The lowest BCUT2D eigenvalue weighted by atomic mass is 10.3. The number of carbonyl (C=O) groups excluding carboxylic acids is 1. The molecule has 0 unspecified atom stereocenters. The number of carbonyl (C=O) groups is 1. The summed E-state index contributed by atoms with van der Waals surface area (Å²) in [6.45, 7) is 1.38. The van der Waals surface area contributed by atoms with Gasteiger partial charge in [-0.05, 0) is 30.3 Å². The van der Waals surface area contributed by atoms with Crippen LogP contribution in [0.25, 0.3) is 0 Å². The van der Waals surface area contributed by atoms with Crippen LogP contribution >= 0.6 is 11.8 Å². The van der Waals surface area contributed by atoms with E-state index in [-0.39, 0.29) is 11.7 Å². The van der Waals surface area contributed by atoms with Gasteiger partial charge in [-0.15, -0.1) is 13.2 Å². The normalized spacial score (nSPS) is 11.1. The average molecular weight is 328 g/mol. The predicted molar refractivity (Wildman–Crippen MR) is 75.8 cm³/mol. The van der Waals surface area contributed by atoms with E-state index < -0.39 is 6.36 Å². The van der Waals surface area contributed by atoms with Gasteiger partial charge >= 0.3 is 6.36 Å². The van der Waals surface area contributed by atoms with Crippen LogP contribution in [0.3, 0.4) is 0 Å². The van der Waals surface area contributed by atoms with Crippen molar-refractivity contribution in [3.63, 3.8) is 0 Å². The first-order valence-electron chi connectivity index (χ1n) is 6.09. The van der Waals surface area contributed by atoms with E-state index in [0.717, 1.165) is 0 Å². The molecule has 116 valence electrons. The van der Waals surface area contributed by atoms with Crippen molar-refractivity contribution in [3.8, 4) is 5.75 Å². The summed E-state index contributed by atoms with van der Waals surface area (Å²) in [6.07, 6.45) is -3.25. The number of benzene rings is 1. The Labute approximate surface area is 128 Å². The molecule has 0 aliphatic heterocycles. The number of halogens is 3. The Balaban J connectivity index is 2.07. The van der Waals surface area contributed by atoms with Crippen LogP contribution < -0.4 is 10.1 Å². The van der Waals surface area contributed by atoms with Gasteiger partial charge in [0.2, 0.25) is 5.91 Å². The maximum absolute atomic E-state index is 12.2. The van der Waals surface area contributed by atoms with Crippen LogP contribution in [-0.2, 0) is 4.79 Å². The van der Waals surface area contributed by atoms with Crippen LogP contribution in [-0.4, -0.2) is 17.3 Å². The van der Waals surface area contributed by atoms with Gasteiger partial charge in [0.05, 0.1) is 11.9 Å². The monoisotopic (exact) mass is 328 g/mol. The first-order valence-corrected chi connectivity index (χ1v) is 6.91. The molecule has 2 aromatic rings. The van der Waals surface area contributed by atoms with Gasteiger partial charge in [-0.3, -0.25) is 4.79 Å². The van der Waals surface area contributed by atoms with Gasteiger partial charge in [-0.1, -0.05) is 17.8 Å². The fourth-order valence-electron chi connectivity index (χ4n) is 1.57. The molecule has 22 heavy (non-hydrogen) atoms. The summed E-state index contributed by atoms with van der Waals surface area (Å²) < 4.78 is 40.4. The molecule has 1 heterocycles. The Kier molecular flexibility index (Phi) is 4.92. The summed E-state index contributed by atoms with van der Waals surface area (Å²) >= 11 is 1.18. The number of hydrogen-bond acceptors (Lipinski definition) is 4. The number of nitrogens with zero attached hydrogens (tertiary/aromatic N) is 1. The highest BCUT2D eigenvalue weighted by Crippen LogP contribution is 2.31. The van der Waals surface area contributed by atoms with Crippen LogP contribution in [0, 0.1) is 0 Å². The number of anilines is 1. The lowest BCUT2D eigenvalue weighted by molar-refractivity contribution is -0.274. The summed E-state index contributed by atoms with van der Waals surface area (Å²) in [6, 6.07) is 8.94. The van der Waals surface area contributed by atoms with Crippen LogP contribution in [0.15, 0.2) is 52.5 Å². The molecule has 0 aliphatic rings. The summed E-state index contributed by atoms with van der Waals surface area (Å²) in [4.78, 5) is 15.6. The van der Waals surface area contributed by atoms with Crippen molar-refractivity contribution in [1.29, 1.82) is 0 Å². The molecule has 0 radical (unpaired) electrons. The average Bonchev–Trinajstić information content (AvgIpc) is 2.39. The molecule has 4 nitrogen and oxygen atoms in total. The van der Waals surface area contributed by atoms with Crippen molar-refractivity contribution in [2.24, 2.45) is 0 Å². The summed E-state index contributed by atoms with van der Waals surface area (Å²) in [5.74, 6) is -0.494. The lowest BCUT2D eigenvalue weighted by Crippen LogP contribution is -2.17. The zero-order valence-electron chi connectivity index (χ0n) is 11.3. The van der Waals surface area contributed by atoms with Crippen molar-refractivity contribution >= 4 is 23.4 Å². The number of amides is 1. The summed E-state index contributed by atoms with van der Waals surface area (Å²) in [5, 5.41) is 3.16. The molecule has 1 aromatic carbocycles. The number of rotatable bonds is 4. The zero-order valence-corrected chi connectivity index (χ0v) is 12.2. The van der Waals surface area contributed by atoms with Crippen LogP contribution in [0.4, 0.5) is 18.9 Å². The minimum Gasteiger partial charge on any atom is -0.406 e. The Morgan fingerprint density at radius 3 is 2.64 bits per heavy atom. The summed E-state index contributed by atoms with van der Waals surface area (Å²) in [5.41, 5.74) is 0.547. The van der Waals surface area contributed by atoms with E-state index >= 15 is 0 Å². The third kappa shape index (κ3) is 5.28. The summed E-state index contributed by atoms with van der Waals surface area (Å²) in [7, 11) is 0. The highest BCUT2D eigenvalue weighted by atomic mass is 32.2. The van der Waals surface area contributed by atoms with Gasteiger partial charge in [0.1, 0.15) is 10.8 Å². The Hall–Kier alpha value is -2.22. The highest BCUT2D eigenvalue weighted by molar-refractivity contribution is 7.99. The Morgan fingerprint density at radius 2 is 2.05 bits per heavy atom. The number of alkyl halides is 3. The quantitative estimate of drug-likeness (QED) is 0.918. The van der Waals surface area contributed by atoms with Crippen molar-refractivity contribution in [3.05, 3.63) is 42.6 Å². The van der Waals surface area contributed by atoms with Gasteiger partial charge < -0.3 is 10.1 Å². The first-order chi connectivity index (χ1) is 10.3. The molecule has 1 aromatic heterocycles. The molecule has 0 saturated heterocycles. The molecule has 8 heteroatoms. The Morgan fingerprint density at radius 1 is 1.27 bits per heavy atom. The third-order valence-electron chi connectivity index (χ3n) is 2.32. The predicted octanol–water partition coefficient (Wildman–Crippen LogP) is 4.09. The molecule has 0 spiro atoms. The SMILES string of the molecule is CC(=O)Nc1ccc(Sc2cccc(OC(F)(F)F)c2)nc1. The van der Waals surface area contributed by atoms with Gasteiger partial charge in [0, 0.05) is 11.8 Å². The maximum atomic E-state index is 12.2. The van der Waals surface area contributed by atoms with Crippen LogP contribution in [0.1, 0.15) is 6.92 Å². The van der Waals surface area contributed by atoms with E-state index in [2.05, 4.69) is 15.0 Å². The van der Waals surface area contributed by atoms with Gasteiger partial charge in [0.15, 0.2) is 0 Å². The molecule has 1 amide bonds. The topological polar surface area (TPSA) is 51.2 Å². The lowest BCUT2D eigenvalue weighted by Gasteiger charge is -2.09. The van der Waals surface area contributed by atoms with E-state index in [1.54, 1.807) is 18.2 Å². The number of hydrogen-bond donors (Lipinski definition) is 1. The minimum absolute atomic E-state index is 0.209. The first kappa shape index (κ1) is 16.2. The van der Waals surface area contributed by atoms with Crippen molar-refractivity contribution in [2.75, 3.05) is 5.32 Å². The molecular formula is C14H11F3N2O2S. The van der Waals surface area contributed by atoms with E-state index in [1.165, 1.54) is 43.1 Å². The van der Waals surface area contributed by atoms with Crippen molar-refractivity contribution in [1.82, 2.24) is 4.98 Å². The number of ether oxygens (including phenoxy) is 1. The molecule has 1 N–H and O–H groups in total. The number of nitrogens with one attached hydrogen (secondary N) is 1. The smallest absolute Gasteiger partial charge is 0.406 e. The van der Waals surface area contributed by atoms with Gasteiger partial charge in [-0.25, -0.2) is 4.98 Å². The highest BCUT2D eigenvalue weighted by Gasteiger charge is 2.31.